The van der Waals surface area contributed by atoms with E-state index in [-0.39, 0.29) is 29.4 Å². The first-order chi connectivity index (χ1) is 19.9. The van der Waals surface area contributed by atoms with Gasteiger partial charge in [0.15, 0.2) is 0 Å². The molecule has 2 aromatic heterocycles. The lowest BCUT2D eigenvalue weighted by Gasteiger charge is -2.37. The van der Waals surface area contributed by atoms with E-state index in [0.29, 0.717) is 48.0 Å². The number of hydrogen-bond acceptors (Lipinski definition) is 4. The Hall–Kier alpha value is -3.89. The molecule has 0 radical (unpaired) electrons. The summed E-state index contributed by atoms with van der Waals surface area (Å²) in [5.74, 6) is 0.253. The summed E-state index contributed by atoms with van der Waals surface area (Å²) in [6.45, 7) is 3.60. The SMILES string of the molecule is [N-]=[NH+]c1cc(CN2CCC(C(=O)N3CCC(n4c(=O)n(-c5ccc(F)cc5)c5cc(Cl)ccc54)CC3)CC2)ccn1. The van der Waals surface area contributed by atoms with Gasteiger partial charge in [-0.3, -0.25) is 18.8 Å². The summed E-state index contributed by atoms with van der Waals surface area (Å²) >= 11 is 6.29. The molecule has 1 amide bonds. The zero-order valence-electron chi connectivity index (χ0n) is 22.5. The molecule has 0 atom stereocenters. The number of hydrogen-bond donors (Lipinski definition) is 1. The lowest BCUT2D eigenvalue weighted by molar-refractivity contribution is -0.384. The maximum absolute atomic E-state index is 13.7. The normalized spacial score (nSPS) is 17.3. The summed E-state index contributed by atoms with van der Waals surface area (Å²) in [7, 11) is 0. The molecule has 0 unspecified atom stereocenters. The highest BCUT2D eigenvalue weighted by atomic mass is 35.5. The number of carbonyl (C=O) groups excluding carboxylic acids is 1. The molecule has 4 aromatic rings. The second kappa shape index (κ2) is 11.5. The van der Waals surface area contributed by atoms with Crippen LogP contribution >= 0.6 is 11.6 Å². The monoisotopic (exact) mass is 575 g/mol. The number of likely N-dealkylation sites (tertiary alicyclic amines) is 2. The van der Waals surface area contributed by atoms with Gasteiger partial charge in [0, 0.05) is 42.7 Å². The third kappa shape index (κ3) is 5.54. The first-order valence-corrected chi connectivity index (χ1v) is 14.3. The van der Waals surface area contributed by atoms with Crippen molar-refractivity contribution in [2.45, 2.75) is 38.3 Å². The Morgan fingerprint density at radius 3 is 2.41 bits per heavy atom. The first-order valence-electron chi connectivity index (χ1n) is 14.0. The largest absolute Gasteiger partial charge is 0.614 e. The highest BCUT2D eigenvalue weighted by Gasteiger charge is 2.32. The molecule has 0 spiro atoms. The average molecular weight is 576 g/mol. The summed E-state index contributed by atoms with van der Waals surface area (Å²) in [6, 6.07) is 15.0. The predicted molar refractivity (Wildman–Crippen MR) is 154 cm³/mol. The summed E-state index contributed by atoms with van der Waals surface area (Å²) in [6.07, 6.45) is 4.63. The molecule has 2 aliphatic rings. The minimum absolute atomic E-state index is 0.000151. The quantitative estimate of drug-likeness (QED) is 0.354. The predicted octanol–water partition coefficient (Wildman–Crippen LogP) is 3.79. The van der Waals surface area contributed by atoms with Gasteiger partial charge in [-0.05, 0) is 92.9 Å². The fourth-order valence-corrected chi connectivity index (χ4v) is 6.38. The molecule has 2 fully saturated rings. The summed E-state index contributed by atoms with van der Waals surface area (Å²) < 4.78 is 17.0. The molecule has 2 saturated heterocycles. The van der Waals surface area contributed by atoms with Crippen LogP contribution in [-0.2, 0) is 11.3 Å². The van der Waals surface area contributed by atoms with Gasteiger partial charge in [-0.1, -0.05) is 16.6 Å². The first kappa shape index (κ1) is 27.3. The molecule has 1 N–H and O–H groups in total. The van der Waals surface area contributed by atoms with E-state index < -0.39 is 0 Å². The Balaban J connectivity index is 1.11. The van der Waals surface area contributed by atoms with E-state index in [1.807, 2.05) is 27.7 Å². The molecule has 41 heavy (non-hydrogen) atoms. The summed E-state index contributed by atoms with van der Waals surface area (Å²) in [4.78, 5) is 35.5. The zero-order valence-corrected chi connectivity index (χ0v) is 23.3. The van der Waals surface area contributed by atoms with Crippen molar-refractivity contribution in [2.75, 3.05) is 26.2 Å². The van der Waals surface area contributed by atoms with E-state index in [2.05, 4.69) is 15.0 Å². The van der Waals surface area contributed by atoms with Crippen LogP contribution in [0.5, 0.6) is 0 Å². The van der Waals surface area contributed by atoms with Crippen molar-refractivity contribution in [3.05, 3.63) is 93.2 Å². The Morgan fingerprint density at radius 1 is 0.976 bits per heavy atom. The second-order valence-electron chi connectivity index (χ2n) is 10.9. The highest BCUT2D eigenvalue weighted by molar-refractivity contribution is 6.31. The maximum atomic E-state index is 13.7. The molecule has 11 heteroatoms. The summed E-state index contributed by atoms with van der Waals surface area (Å²) in [5, 5.41) is 2.60. The van der Waals surface area contributed by atoms with Crippen LogP contribution in [0.2, 0.25) is 5.02 Å². The minimum Gasteiger partial charge on any atom is -0.614 e. The number of fused-ring (bicyclic) bond motifs is 1. The smallest absolute Gasteiger partial charge is 0.333 e. The molecule has 6 rings (SSSR count). The van der Waals surface area contributed by atoms with Crippen LogP contribution in [0.25, 0.3) is 22.3 Å². The van der Waals surface area contributed by atoms with E-state index in [0.717, 1.165) is 43.6 Å². The van der Waals surface area contributed by atoms with Gasteiger partial charge in [-0.15, -0.1) is 0 Å². The van der Waals surface area contributed by atoms with E-state index >= 15 is 0 Å². The molecular formula is C30H31ClFN7O2. The molecule has 2 aliphatic heterocycles. The van der Waals surface area contributed by atoms with Crippen LogP contribution < -0.4 is 10.8 Å². The Labute approximate surface area is 241 Å². The molecule has 9 nitrogen and oxygen atoms in total. The number of halogens is 2. The van der Waals surface area contributed by atoms with Gasteiger partial charge in [-0.2, -0.15) is 0 Å². The van der Waals surface area contributed by atoms with Gasteiger partial charge < -0.3 is 15.5 Å². The average Bonchev–Trinajstić information content (AvgIpc) is 3.28. The standard InChI is InChI=1S/C30H31ClFN7O2/c31-22-1-6-26-27(18-22)39(24-4-2-23(32)3-5-24)30(41)38(26)25-10-15-37(16-11-25)29(40)21-8-13-36(14-9-21)19-20-7-12-34-28(17-20)35-33/h1-7,12,17-18,21,25,35H,8-11,13-16,19H2. The van der Waals surface area contributed by atoms with Gasteiger partial charge in [0.05, 0.1) is 16.7 Å². The number of pyridine rings is 1. The molecule has 0 saturated carbocycles. The maximum Gasteiger partial charge on any atom is 0.333 e. The number of aromatic nitrogens is 3. The number of imidazole rings is 1. The van der Waals surface area contributed by atoms with Crippen LogP contribution in [0, 0.1) is 11.7 Å². The lowest BCUT2D eigenvalue weighted by atomic mass is 9.93. The van der Waals surface area contributed by atoms with Crippen molar-refractivity contribution in [1.29, 1.82) is 0 Å². The van der Waals surface area contributed by atoms with Crippen LogP contribution in [0.3, 0.4) is 0 Å². The molecular weight excluding hydrogens is 545 g/mol. The molecule has 4 heterocycles. The number of amides is 1. The van der Waals surface area contributed by atoms with Gasteiger partial charge in [0.2, 0.25) is 5.91 Å². The van der Waals surface area contributed by atoms with Gasteiger partial charge in [0.25, 0.3) is 0 Å². The van der Waals surface area contributed by atoms with Crippen molar-refractivity contribution in [1.82, 2.24) is 23.9 Å². The number of carbonyl (C=O) groups is 1. The Bertz CT molecular complexity index is 1640. The Morgan fingerprint density at radius 2 is 1.71 bits per heavy atom. The van der Waals surface area contributed by atoms with Crippen LogP contribution in [0.4, 0.5) is 10.2 Å². The van der Waals surface area contributed by atoms with E-state index in [1.54, 1.807) is 35.0 Å². The van der Waals surface area contributed by atoms with Crippen LogP contribution in [0.15, 0.2) is 65.6 Å². The fourth-order valence-electron chi connectivity index (χ4n) is 6.22. The second-order valence-corrected chi connectivity index (χ2v) is 11.3. The lowest BCUT2D eigenvalue weighted by Crippen LogP contribution is -2.55. The van der Waals surface area contributed by atoms with Crippen LogP contribution in [0.1, 0.15) is 37.3 Å². The van der Waals surface area contributed by atoms with Gasteiger partial charge in [0.1, 0.15) is 12.0 Å². The molecule has 0 aliphatic carbocycles. The number of nitrogens with zero attached hydrogens (tertiary/aromatic N) is 6. The van der Waals surface area contributed by atoms with Crippen molar-refractivity contribution in [2.24, 2.45) is 5.92 Å². The molecule has 0 bridgehead atoms. The van der Waals surface area contributed by atoms with Crippen molar-refractivity contribution in [3.63, 3.8) is 0 Å². The Kier molecular flexibility index (Phi) is 7.68. The molecule has 212 valence electrons. The summed E-state index contributed by atoms with van der Waals surface area (Å²) in [5.41, 5.74) is 12.0. The third-order valence-electron chi connectivity index (χ3n) is 8.34. The van der Waals surface area contributed by atoms with E-state index in [1.165, 1.54) is 12.1 Å². The number of benzene rings is 2. The fraction of sp³-hybridized carbons (Fsp3) is 0.367. The van der Waals surface area contributed by atoms with E-state index in [4.69, 9.17) is 17.1 Å². The van der Waals surface area contributed by atoms with Crippen LogP contribution in [-0.4, -0.2) is 56.0 Å². The van der Waals surface area contributed by atoms with Crippen molar-refractivity contribution >= 4 is 34.4 Å². The highest BCUT2D eigenvalue weighted by Crippen LogP contribution is 2.30. The number of rotatable bonds is 6. The minimum atomic E-state index is -0.366. The van der Waals surface area contributed by atoms with E-state index in [9.17, 15) is 14.0 Å². The topological polar surface area (TPSA) is 99.6 Å². The molecule has 2 aromatic carbocycles. The number of nitrogens with one attached hydrogen (secondary N) is 1. The zero-order chi connectivity index (χ0) is 28.5. The third-order valence-corrected chi connectivity index (χ3v) is 8.58. The number of piperidine rings is 2. The van der Waals surface area contributed by atoms with Gasteiger partial charge in [-0.25, -0.2) is 9.18 Å². The van der Waals surface area contributed by atoms with Gasteiger partial charge >= 0.3 is 11.5 Å². The van der Waals surface area contributed by atoms with Crippen molar-refractivity contribution in [3.8, 4) is 5.69 Å². The van der Waals surface area contributed by atoms with Crippen molar-refractivity contribution < 1.29 is 14.3 Å².